The van der Waals surface area contributed by atoms with Gasteiger partial charge in [-0.05, 0) is 43.5 Å². The largest absolute Gasteiger partial charge is 0.493 e. The van der Waals surface area contributed by atoms with E-state index in [0.717, 1.165) is 17.5 Å². The molecule has 1 atom stereocenters. The number of benzene rings is 1. The average molecular weight is 305 g/mol. The number of hydrogen-bond acceptors (Lipinski definition) is 4. The van der Waals surface area contributed by atoms with Crippen LogP contribution >= 0.6 is 0 Å². The molecular formula is C17H23NO4. The van der Waals surface area contributed by atoms with Crippen LogP contribution < -0.4 is 9.47 Å². The number of carbonyl (C=O) groups excluding carboxylic acids is 2. The molecule has 1 amide bonds. The topological polar surface area (TPSA) is 55.8 Å². The minimum absolute atomic E-state index is 0.0239. The molecule has 2 rings (SSSR count). The monoisotopic (exact) mass is 305 g/mol. The number of fused-ring (bicyclic) bond motifs is 1. The van der Waals surface area contributed by atoms with E-state index in [1.54, 1.807) is 33.0 Å². The SMILES string of the molecule is COc1cc2c(cc1OC)C(C)(CC(C)=O)N(C(C)=O)CC2. The Bertz CT molecular complexity index is 611. The molecular weight excluding hydrogens is 282 g/mol. The Morgan fingerprint density at radius 3 is 2.27 bits per heavy atom. The Kier molecular flexibility index (Phi) is 4.44. The summed E-state index contributed by atoms with van der Waals surface area (Å²) in [6.07, 6.45) is 1.03. The molecule has 1 aromatic rings. The van der Waals surface area contributed by atoms with Gasteiger partial charge in [0.2, 0.25) is 5.91 Å². The highest BCUT2D eigenvalue weighted by atomic mass is 16.5. The molecule has 5 heteroatoms. The highest BCUT2D eigenvalue weighted by molar-refractivity contribution is 5.80. The molecule has 0 aliphatic carbocycles. The van der Waals surface area contributed by atoms with Gasteiger partial charge in [-0.2, -0.15) is 0 Å². The Morgan fingerprint density at radius 2 is 1.77 bits per heavy atom. The van der Waals surface area contributed by atoms with Crippen LogP contribution in [0.2, 0.25) is 0 Å². The summed E-state index contributed by atoms with van der Waals surface area (Å²) in [6.45, 7) is 5.64. The average Bonchev–Trinajstić information content (AvgIpc) is 2.44. The highest BCUT2D eigenvalue weighted by Crippen LogP contribution is 2.43. The number of Topliss-reactive ketones (excluding diaryl/α,β-unsaturated/α-hetero) is 1. The molecule has 0 saturated heterocycles. The summed E-state index contributed by atoms with van der Waals surface area (Å²) in [5.41, 5.74) is 1.41. The van der Waals surface area contributed by atoms with Crippen LogP contribution in [-0.2, 0) is 21.5 Å². The van der Waals surface area contributed by atoms with Crippen LogP contribution in [0.3, 0.4) is 0 Å². The summed E-state index contributed by atoms with van der Waals surface area (Å²) in [4.78, 5) is 25.6. The lowest BCUT2D eigenvalue weighted by atomic mass is 9.78. The summed E-state index contributed by atoms with van der Waals surface area (Å²) in [5.74, 6) is 1.31. The van der Waals surface area contributed by atoms with Gasteiger partial charge in [-0.15, -0.1) is 0 Å². The number of carbonyl (C=O) groups is 2. The summed E-state index contributed by atoms with van der Waals surface area (Å²) >= 11 is 0. The summed E-state index contributed by atoms with van der Waals surface area (Å²) < 4.78 is 10.7. The van der Waals surface area contributed by atoms with Gasteiger partial charge < -0.3 is 14.4 Å². The molecule has 1 aromatic carbocycles. The molecule has 22 heavy (non-hydrogen) atoms. The van der Waals surface area contributed by atoms with E-state index in [1.807, 2.05) is 19.1 Å². The summed E-state index contributed by atoms with van der Waals surface area (Å²) in [7, 11) is 3.18. The first-order chi connectivity index (χ1) is 10.3. The van der Waals surface area contributed by atoms with Gasteiger partial charge in [-0.1, -0.05) is 0 Å². The maximum absolute atomic E-state index is 12.0. The molecule has 0 radical (unpaired) electrons. The van der Waals surface area contributed by atoms with E-state index in [-0.39, 0.29) is 18.1 Å². The lowest BCUT2D eigenvalue weighted by molar-refractivity contribution is -0.137. The minimum atomic E-state index is -0.648. The zero-order valence-corrected chi connectivity index (χ0v) is 13.9. The van der Waals surface area contributed by atoms with E-state index >= 15 is 0 Å². The predicted octanol–water partition coefficient (Wildman–Crippen LogP) is 2.30. The van der Waals surface area contributed by atoms with E-state index in [0.29, 0.717) is 18.0 Å². The van der Waals surface area contributed by atoms with Crippen molar-refractivity contribution in [3.05, 3.63) is 23.3 Å². The van der Waals surface area contributed by atoms with Crippen molar-refractivity contribution in [3.63, 3.8) is 0 Å². The number of hydrogen-bond donors (Lipinski definition) is 0. The lowest BCUT2D eigenvalue weighted by Crippen LogP contribution is -2.51. The van der Waals surface area contributed by atoms with Crippen molar-refractivity contribution in [2.24, 2.45) is 0 Å². The molecule has 1 unspecified atom stereocenters. The third-order valence-electron chi connectivity index (χ3n) is 4.36. The quantitative estimate of drug-likeness (QED) is 0.856. The Hall–Kier alpha value is -2.04. The van der Waals surface area contributed by atoms with E-state index in [4.69, 9.17) is 9.47 Å². The third kappa shape index (κ3) is 2.67. The number of nitrogens with zero attached hydrogens (tertiary/aromatic N) is 1. The van der Waals surface area contributed by atoms with Crippen molar-refractivity contribution in [1.82, 2.24) is 4.90 Å². The molecule has 0 spiro atoms. The van der Waals surface area contributed by atoms with Gasteiger partial charge >= 0.3 is 0 Å². The van der Waals surface area contributed by atoms with Crippen LogP contribution in [0.1, 0.15) is 38.3 Å². The summed E-state index contributed by atoms with van der Waals surface area (Å²) in [6, 6.07) is 3.84. The first kappa shape index (κ1) is 16.3. The van der Waals surface area contributed by atoms with Gasteiger partial charge in [0, 0.05) is 19.9 Å². The van der Waals surface area contributed by atoms with Crippen molar-refractivity contribution < 1.29 is 19.1 Å². The van der Waals surface area contributed by atoms with Gasteiger partial charge in [0.25, 0.3) is 0 Å². The zero-order valence-electron chi connectivity index (χ0n) is 13.9. The minimum Gasteiger partial charge on any atom is -0.493 e. The third-order valence-corrected chi connectivity index (χ3v) is 4.36. The maximum atomic E-state index is 12.0. The van der Waals surface area contributed by atoms with Crippen LogP contribution in [-0.4, -0.2) is 37.4 Å². The Labute approximate surface area is 131 Å². The fraction of sp³-hybridized carbons (Fsp3) is 0.529. The van der Waals surface area contributed by atoms with Gasteiger partial charge in [0.15, 0.2) is 11.5 Å². The molecule has 1 aliphatic heterocycles. The molecule has 0 aromatic heterocycles. The van der Waals surface area contributed by atoms with Crippen molar-refractivity contribution in [3.8, 4) is 11.5 Å². The highest BCUT2D eigenvalue weighted by Gasteiger charge is 2.41. The van der Waals surface area contributed by atoms with Crippen LogP contribution in [0, 0.1) is 0 Å². The van der Waals surface area contributed by atoms with Crippen LogP contribution in [0.5, 0.6) is 11.5 Å². The molecule has 120 valence electrons. The van der Waals surface area contributed by atoms with Crippen molar-refractivity contribution in [2.45, 2.75) is 39.2 Å². The Morgan fingerprint density at radius 1 is 1.18 bits per heavy atom. The number of ether oxygens (including phenoxy) is 2. The molecule has 0 N–H and O–H groups in total. The van der Waals surface area contributed by atoms with Gasteiger partial charge in [-0.25, -0.2) is 0 Å². The normalized spacial score (nSPS) is 20.3. The second-order valence-electron chi connectivity index (χ2n) is 5.94. The molecule has 1 aliphatic rings. The van der Waals surface area contributed by atoms with Crippen molar-refractivity contribution in [1.29, 1.82) is 0 Å². The lowest BCUT2D eigenvalue weighted by Gasteiger charge is -2.45. The Balaban J connectivity index is 2.63. The number of amides is 1. The molecule has 5 nitrogen and oxygen atoms in total. The van der Waals surface area contributed by atoms with Crippen LogP contribution in [0.25, 0.3) is 0 Å². The van der Waals surface area contributed by atoms with E-state index < -0.39 is 5.54 Å². The second-order valence-corrected chi connectivity index (χ2v) is 5.94. The summed E-state index contributed by atoms with van der Waals surface area (Å²) in [5, 5.41) is 0. The fourth-order valence-corrected chi connectivity index (χ4v) is 3.43. The molecule has 0 fully saturated rings. The maximum Gasteiger partial charge on any atom is 0.220 e. The number of rotatable bonds is 4. The van der Waals surface area contributed by atoms with Crippen molar-refractivity contribution in [2.75, 3.05) is 20.8 Å². The molecule has 1 heterocycles. The van der Waals surface area contributed by atoms with Gasteiger partial charge in [0.05, 0.1) is 19.8 Å². The fourth-order valence-electron chi connectivity index (χ4n) is 3.43. The van der Waals surface area contributed by atoms with Crippen molar-refractivity contribution >= 4 is 11.7 Å². The molecule has 0 bridgehead atoms. The van der Waals surface area contributed by atoms with E-state index in [9.17, 15) is 9.59 Å². The van der Waals surface area contributed by atoms with E-state index in [2.05, 4.69) is 0 Å². The smallest absolute Gasteiger partial charge is 0.220 e. The van der Waals surface area contributed by atoms with Gasteiger partial charge in [0.1, 0.15) is 5.78 Å². The number of methoxy groups -OCH3 is 2. The van der Waals surface area contributed by atoms with Crippen LogP contribution in [0.15, 0.2) is 12.1 Å². The molecule has 0 saturated carbocycles. The number of ketones is 1. The van der Waals surface area contributed by atoms with E-state index in [1.165, 1.54) is 0 Å². The first-order valence-corrected chi connectivity index (χ1v) is 7.36. The zero-order chi connectivity index (χ0) is 16.5. The van der Waals surface area contributed by atoms with Crippen LogP contribution in [0.4, 0.5) is 0 Å². The van der Waals surface area contributed by atoms with Gasteiger partial charge in [-0.3, -0.25) is 9.59 Å². The second kappa shape index (κ2) is 5.99. The first-order valence-electron chi connectivity index (χ1n) is 7.36. The standard InChI is InChI=1S/C17H23NO4/c1-11(19)10-17(3)14-9-16(22-5)15(21-4)8-13(14)6-7-18(17)12(2)20/h8-9H,6-7,10H2,1-5H3. The predicted molar refractivity (Wildman–Crippen MR) is 83.3 cm³/mol.